The molecule has 1 saturated heterocycles. The minimum Gasteiger partial charge on any atom is -0.340 e. The van der Waals surface area contributed by atoms with E-state index in [0.29, 0.717) is 37.5 Å². The van der Waals surface area contributed by atoms with Gasteiger partial charge in [-0.05, 0) is 38.2 Å². The van der Waals surface area contributed by atoms with Gasteiger partial charge in [0.2, 0.25) is 5.91 Å². The van der Waals surface area contributed by atoms with E-state index < -0.39 is 0 Å². The standard InChI is InChI=1S/C17H25N3O3S/c1-12-10-13(2)18(3)16(22)15(12)17(23)20-7-5-6-19(8-9-20)14(21)11-24-4/h10H,5-9,11H2,1-4H3. The Labute approximate surface area is 146 Å². The molecule has 1 aromatic heterocycles. The van der Waals surface area contributed by atoms with Gasteiger partial charge in [0.25, 0.3) is 11.5 Å². The third-order valence-corrected chi connectivity index (χ3v) is 5.02. The van der Waals surface area contributed by atoms with Gasteiger partial charge in [-0.1, -0.05) is 0 Å². The highest BCUT2D eigenvalue weighted by Gasteiger charge is 2.25. The first-order valence-corrected chi connectivity index (χ1v) is 9.49. The van der Waals surface area contributed by atoms with Crippen LogP contribution in [0.4, 0.5) is 0 Å². The Morgan fingerprint density at radius 3 is 2.42 bits per heavy atom. The number of pyridine rings is 1. The van der Waals surface area contributed by atoms with Crippen molar-refractivity contribution in [3.63, 3.8) is 0 Å². The Kier molecular flexibility index (Phi) is 6.10. The average molecular weight is 351 g/mol. The van der Waals surface area contributed by atoms with Crippen LogP contribution in [-0.2, 0) is 11.8 Å². The second kappa shape index (κ2) is 7.88. The average Bonchev–Trinajstić information content (AvgIpc) is 2.79. The summed E-state index contributed by atoms with van der Waals surface area (Å²) in [5.74, 6) is 0.345. The molecule has 0 aliphatic carbocycles. The lowest BCUT2D eigenvalue weighted by molar-refractivity contribution is -0.128. The minimum atomic E-state index is -0.253. The van der Waals surface area contributed by atoms with Crippen LogP contribution in [0, 0.1) is 13.8 Å². The summed E-state index contributed by atoms with van der Waals surface area (Å²) in [6, 6.07) is 1.86. The molecule has 0 saturated carbocycles. The number of aromatic nitrogens is 1. The van der Waals surface area contributed by atoms with Crippen LogP contribution >= 0.6 is 11.8 Å². The first-order chi connectivity index (χ1) is 11.4. The van der Waals surface area contributed by atoms with Crippen LogP contribution < -0.4 is 5.56 Å². The molecule has 0 radical (unpaired) electrons. The summed E-state index contributed by atoms with van der Waals surface area (Å²) in [5, 5.41) is 0. The first-order valence-electron chi connectivity index (χ1n) is 8.10. The van der Waals surface area contributed by atoms with E-state index in [-0.39, 0.29) is 22.9 Å². The monoisotopic (exact) mass is 351 g/mol. The minimum absolute atomic E-state index is 0.110. The lowest BCUT2D eigenvalue weighted by Crippen LogP contribution is -2.40. The maximum Gasteiger partial charge on any atom is 0.263 e. The van der Waals surface area contributed by atoms with Gasteiger partial charge < -0.3 is 14.4 Å². The maximum absolute atomic E-state index is 12.9. The third kappa shape index (κ3) is 3.83. The van der Waals surface area contributed by atoms with E-state index in [0.717, 1.165) is 12.1 Å². The van der Waals surface area contributed by atoms with E-state index in [1.165, 1.54) is 16.3 Å². The van der Waals surface area contributed by atoms with E-state index >= 15 is 0 Å². The Bertz CT molecular complexity index is 699. The molecule has 0 bridgehead atoms. The van der Waals surface area contributed by atoms with Crippen LogP contribution in [0.25, 0.3) is 0 Å². The molecular formula is C17H25N3O3S. The van der Waals surface area contributed by atoms with Crippen molar-refractivity contribution in [2.45, 2.75) is 20.3 Å². The van der Waals surface area contributed by atoms with Crippen LogP contribution in [0.1, 0.15) is 28.0 Å². The predicted molar refractivity (Wildman–Crippen MR) is 96.6 cm³/mol. The fraction of sp³-hybridized carbons (Fsp3) is 0.588. The van der Waals surface area contributed by atoms with Crippen molar-refractivity contribution in [2.24, 2.45) is 7.05 Å². The number of rotatable bonds is 3. The number of nitrogens with zero attached hydrogens (tertiary/aromatic N) is 3. The molecule has 132 valence electrons. The molecule has 24 heavy (non-hydrogen) atoms. The SMILES string of the molecule is CSCC(=O)N1CCCN(C(=O)c2c(C)cc(C)n(C)c2=O)CC1. The fourth-order valence-electron chi connectivity index (χ4n) is 2.98. The maximum atomic E-state index is 12.9. The van der Waals surface area contributed by atoms with E-state index in [9.17, 15) is 14.4 Å². The highest BCUT2D eigenvalue weighted by Crippen LogP contribution is 2.12. The van der Waals surface area contributed by atoms with Crippen molar-refractivity contribution in [3.8, 4) is 0 Å². The van der Waals surface area contributed by atoms with Gasteiger partial charge in [0.1, 0.15) is 5.56 Å². The van der Waals surface area contributed by atoms with Gasteiger partial charge in [-0.25, -0.2) is 0 Å². The van der Waals surface area contributed by atoms with E-state index in [2.05, 4.69) is 0 Å². The van der Waals surface area contributed by atoms with Gasteiger partial charge in [0.15, 0.2) is 0 Å². The van der Waals surface area contributed by atoms with Crippen molar-refractivity contribution in [2.75, 3.05) is 38.2 Å². The number of hydrogen-bond donors (Lipinski definition) is 0. The zero-order chi connectivity index (χ0) is 17.9. The molecule has 0 atom stereocenters. The molecule has 0 spiro atoms. The summed E-state index contributed by atoms with van der Waals surface area (Å²) in [5.41, 5.74) is 1.53. The third-order valence-electron chi connectivity index (χ3n) is 4.48. The number of aryl methyl sites for hydroxylation is 2. The van der Waals surface area contributed by atoms with Gasteiger partial charge in [-0.3, -0.25) is 14.4 Å². The normalized spacial score (nSPS) is 15.3. The molecule has 7 heteroatoms. The first kappa shape index (κ1) is 18.6. The largest absolute Gasteiger partial charge is 0.340 e. The number of carbonyl (C=O) groups is 2. The number of carbonyl (C=O) groups excluding carboxylic acids is 2. The summed E-state index contributed by atoms with van der Waals surface area (Å²) in [4.78, 5) is 40.9. The molecular weight excluding hydrogens is 326 g/mol. The van der Waals surface area contributed by atoms with Gasteiger partial charge in [0, 0.05) is 38.9 Å². The summed E-state index contributed by atoms with van der Waals surface area (Å²) in [6.07, 6.45) is 2.64. The molecule has 2 amide bonds. The fourth-order valence-corrected chi connectivity index (χ4v) is 3.41. The molecule has 1 fully saturated rings. The molecule has 2 rings (SSSR count). The van der Waals surface area contributed by atoms with Gasteiger partial charge in [-0.2, -0.15) is 11.8 Å². The quantitative estimate of drug-likeness (QED) is 0.816. The Morgan fingerprint density at radius 1 is 1.12 bits per heavy atom. The van der Waals surface area contributed by atoms with Crippen LogP contribution in [0.2, 0.25) is 0 Å². The van der Waals surface area contributed by atoms with Crippen molar-refractivity contribution >= 4 is 23.6 Å². The predicted octanol–water partition coefficient (Wildman–Crippen LogP) is 1.04. The Morgan fingerprint density at radius 2 is 1.75 bits per heavy atom. The summed E-state index contributed by atoms with van der Waals surface area (Å²) < 4.78 is 1.51. The summed E-state index contributed by atoms with van der Waals surface area (Å²) in [7, 11) is 1.68. The second-order valence-corrected chi connectivity index (χ2v) is 7.03. The van der Waals surface area contributed by atoms with Crippen LogP contribution in [0.5, 0.6) is 0 Å². The summed E-state index contributed by atoms with van der Waals surface area (Å²) >= 11 is 1.51. The van der Waals surface area contributed by atoms with Gasteiger partial charge in [0.05, 0.1) is 5.75 Å². The van der Waals surface area contributed by atoms with Crippen LogP contribution in [0.15, 0.2) is 10.9 Å². The second-order valence-electron chi connectivity index (χ2n) is 6.17. The molecule has 1 aromatic rings. The topological polar surface area (TPSA) is 62.6 Å². The lowest BCUT2D eigenvalue weighted by atomic mass is 10.1. The highest BCUT2D eigenvalue weighted by molar-refractivity contribution is 7.99. The van der Waals surface area contributed by atoms with E-state index in [4.69, 9.17) is 0 Å². The summed E-state index contributed by atoms with van der Waals surface area (Å²) in [6.45, 7) is 5.87. The van der Waals surface area contributed by atoms with Crippen LogP contribution in [0.3, 0.4) is 0 Å². The molecule has 0 N–H and O–H groups in total. The molecule has 0 unspecified atom stereocenters. The van der Waals surface area contributed by atoms with Crippen molar-refractivity contribution in [1.82, 2.24) is 14.4 Å². The Hall–Kier alpha value is -1.76. The zero-order valence-corrected chi connectivity index (χ0v) is 15.6. The molecule has 1 aliphatic rings. The van der Waals surface area contributed by atoms with Gasteiger partial charge >= 0.3 is 0 Å². The molecule has 0 aromatic carbocycles. The highest BCUT2D eigenvalue weighted by atomic mass is 32.2. The molecule has 6 nitrogen and oxygen atoms in total. The number of thioether (sulfide) groups is 1. The number of hydrogen-bond acceptors (Lipinski definition) is 4. The lowest BCUT2D eigenvalue weighted by Gasteiger charge is -2.23. The van der Waals surface area contributed by atoms with E-state index in [1.54, 1.807) is 18.9 Å². The van der Waals surface area contributed by atoms with E-state index in [1.807, 2.05) is 24.1 Å². The Balaban J connectivity index is 2.19. The van der Waals surface area contributed by atoms with Crippen LogP contribution in [-0.4, -0.2) is 64.4 Å². The molecule has 1 aliphatic heterocycles. The van der Waals surface area contributed by atoms with Crippen molar-refractivity contribution in [1.29, 1.82) is 0 Å². The number of amides is 2. The van der Waals surface area contributed by atoms with Crippen molar-refractivity contribution < 1.29 is 9.59 Å². The smallest absolute Gasteiger partial charge is 0.263 e. The van der Waals surface area contributed by atoms with Gasteiger partial charge in [-0.15, -0.1) is 0 Å². The molecule has 2 heterocycles. The zero-order valence-electron chi connectivity index (χ0n) is 14.8. The van der Waals surface area contributed by atoms with Crippen molar-refractivity contribution in [3.05, 3.63) is 33.2 Å².